The largest absolute Gasteiger partial charge is 0.379 e. The molecular weight excluding hydrogens is 326 g/mol. The third-order valence-corrected chi connectivity index (χ3v) is 5.37. The minimum atomic E-state index is 0.0888. The summed E-state index contributed by atoms with van der Waals surface area (Å²) in [6, 6.07) is 9.41. The Morgan fingerprint density at radius 1 is 1.08 bits per heavy atom. The molecule has 0 aromatic heterocycles. The smallest absolute Gasteiger partial charge is 0.317 e. The summed E-state index contributed by atoms with van der Waals surface area (Å²) in [5, 5.41) is 2.99. The summed E-state index contributed by atoms with van der Waals surface area (Å²) in [5.41, 5.74) is 2.80. The van der Waals surface area contributed by atoms with Crippen LogP contribution in [0, 0.1) is 5.92 Å². The van der Waals surface area contributed by atoms with Crippen LogP contribution in [0.4, 0.5) is 4.79 Å². The highest BCUT2D eigenvalue weighted by atomic mass is 16.5. The first kappa shape index (κ1) is 19.2. The molecule has 2 fully saturated rings. The molecule has 0 atom stereocenters. The monoisotopic (exact) mass is 359 g/mol. The second-order valence-corrected chi connectivity index (χ2v) is 7.94. The Morgan fingerprint density at radius 3 is 2.31 bits per heavy atom. The molecule has 2 aliphatic rings. The molecule has 0 bridgehead atoms. The second kappa shape index (κ2) is 9.38. The zero-order valence-corrected chi connectivity index (χ0v) is 16.2. The molecule has 1 aromatic rings. The highest BCUT2D eigenvalue weighted by Crippen LogP contribution is 2.22. The Bertz CT molecular complexity index is 559. The molecule has 26 heavy (non-hydrogen) atoms. The van der Waals surface area contributed by atoms with E-state index < -0.39 is 0 Å². The summed E-state index contributed by atoms with van der Waals surface area (Å²) in [5.74, 6) is 0.684. The third kappa shape index (κ3) is 5.71. The van der Waals surface area contributed by atoms with Crippen molar-refractivity contribution in [2.45, 2.75) is 45.7 Å². The van der Waals surface area contributed by atoms with Gasteiger partial charge in [0.1, 0.15) is 0 Å². The fourth-order valence-corrected chi connectivity index (χ4v) is 3.81. The highest BCUT2D eigenvalue weighted by molar-refractivity contribution is 5.74. The van der Waals surface area contributed by atoms with Crippen LogP contribution in [0.1, 0.15) is 37.8 Å². The van der Waals surface area contributed by atoms with Crippen molar-refractivity contribution in [3.63, 3.8) is 0 Å². The van der Waals surface area contributed by atoms with Gasteiger partial charge in [-0.25, -0.2) is 4.79 Å². The minimum absolute atomic E-state index is 0.0888. The van der Waals surface area contributed by atoms with Gasteiger partial charge in [-0.1, -0.05) is 24.3 Å². The van der Waals surface area contributed by atoms with Gasteiger partial charge < -0.3 is 15.0 Å². The van der Waals surface area contributed by atoms with Crippen molar-refractivity contribution in [2.75, 3.05) is 39.4 Å². The van der Waals surface area contributed by atoms with Crippen molar-refractivity contribution in [3.05, 3.63) is 35.4 Å². The molecule has 2 amide bonds. The number of carbonyl (C=O) groups excluding carboxylic acids is 1. The van der Waals surface area contributed by atoms with E-state index in [0.717, 1.165) is 65.2 Å². The third-order valence-electron chi connectivity index (χ3n) is 5.37. The van der Waals surface area contributed by atoms with Crippen LogP contribution >= 0.6 is 0 Å². The molecule has 0 aliphatic carbocycles. The quantitative estimate of drug-likeness (QED) is 0.879. The number of nitrogens with one attached hydrogen (secondary N) is 1. The topological polar surface area (TPSA) is 44.8 Å². The van der Waals surface area contributed by atoms with Crippen molar-refractivity contribution in [1.82, 2.24) is 15.1 Å². The molecular formula is C21H33N3O2. The number of hydrogen-bond acceptors (Lipinski definition) is 3. The molecule has 144 valence electrons. The Kier molecular flexibility index (Phi) is 6.92. The molecule has 3 rings (SSSR count). The van der Waals surface area contributed by atoms with Crippen LogP contribution in [-0.4, -0.2) is 61.3 Å². The number of piperidine rings is 1. The Morgan fingerprint density at radius 2 is 1.69 bits per heavy atom. The Balaban J connectivity index is 1.42. The molecule has 5 heteroatoms. The molecule has 1 N–H and O–H groups in total. The van der Waals surface area contributed by atoms with Gasteiger partial charge in [-0.2, -0.15) is 0 Å². The van der Waals surface area contributed by atoms with Crippen LogP contribution in [0.2, 0.25) is 0 Å². The molecule has 2 heterocycles. The number of morpholine rings is 1. The molecule has 0 saturated carbocycles. The number of nitrogens with zero attached hydrogens (tertiary/aromatic N) is 2. The van der Waals surface area contributed by atoms with Gasteiger partial charge in [0, 0.05) is 38.8 Å². The van der Waals surface area contributed by atoms with E-state index in [1.165, 1.54) is 11.1 Å². The van der Waals surface area contributed by atoms with E-state index in [2.05, 4.69) is 34.5 Å². The number of amides is 2. The number of hydrogen-bond donors (Lipinski definition) is 1. The number of rotatable bonds is 5. The summed E-state index contributed by atoms with van der Waals surface area (Å²) in [4.78, 5) is 16.5. The minimum Gasteiger partial charge on any atom is -0.379 e. The van der Waals surface area contributed by atoms with Gasteiger partial charge in [-0.05, 0) is 50.2 Å². The fourth-order valence-electron chi connectivity index (χ4n) is 3.81. The van der Waals surface area contributed by atoms with E-state index in [1.54, 1.807) is 0 Å². The lowest BCUT2D eigenvalue weighted by Crippen LogP contribution is -2.46. The van der Waals surface area contributed by atoms with Crippen LogP contribution in [0.5, 0.6) is 0 Å². The maximum absolute atomic E-state index is 12.1. The average molecular weight is 360 g/mol. The summed E-state index contributed by atoms with van der Waals surface area (Å²) < 4.78 is 5.41. The Hall–Kier alpha value is -1.59. The van der Waals surface area contributed by atoms with Gasteiger partial charge in [0.25, 0.3) is 0 Å². The number of benzene rings is 1. The first-order valence-electron chi connectivity index (χ1n) is 10.0. The standard InChI is InChI=1S/C21H33N3O2/c1-17(2)22-21(25)24-9-7-19(8-10-24)15-18-3-5-20(6-4-18)16-23-11-13-26-14-12-23/h3-6,17,19H,7-16H2,1-2H3,(H,22,25). The number of carbonyl (C=O) groups is 1. The van der Waals surface area contributed by atoms with Gasteiger partial charge in [0.05, 0.1) is 13.2 Å². The SMILES string of the molecule is CC(C)NC(=O)N1CCC(Cc2ccc(CN3CCOCC3)cc2)CC1. The van der Waals surface area contributed by atoms with E-state index >= 15 is 0 Å². The van der Waals surface area contributed by atoms with E-state index in [1.807, 2.05) is 18.7 Å². The van der Waals surface area contributed by atoms with Gasteiger partial charge in [0.2, 0.25) is 0 Å². The maximum Gasteiger partial charge on any atom is 0.317 e. The molecule has 1 aromatic carbocycles. The lowest BCUT2D eigenvalue weighted by Gasteiger charge is -2.32. The molecule has 5 nitrogen and oxygen atoms in total. The average Bonchev–Trinajstić information content (AvgIpc) is 2.64. The van der Waals surface area contributed by atoms with E-state index in [4.69, 9.17) is 4.74 Å². The molecule has 2 saturated heterocycles. The normalized spacial score (nSPS) is 19.7. The first-order chi connectivity index (χ1) is 12.6. The predicted molar refractivity (Wildman–Crippen MR) is 104 cm³/mol. The lowest BCUT2D eigenvalue weighted by atomic mass is 9.90. The summed E-state index contributed by atoms with van der Waals surface area (Å²) in [6.45, 7) is 10.6. The van der Waals surface area contributed by atoms with Gasteiger partial charge in [-0.15, -0.1) is 0 Å². The van der Waals surface area contributed by atoms with E-state index in [-0.39, 0.29) is 12.1 Å². The summed E-state index contributed by atoms with van der Waals surface area (Å²) in [6.07, 6.45) is 3.32. The van der Waals surface area contributed by atoms with Crippen LogP contribution in [0.15, 0.2) is 24.3 Å². The zero-order valence-electron chi connectivity index (χ0n) is 16.2. The van der Waals surface area contributed by atoms with Crippen LogP contribution < -0.4 is 5.32 Å². The molecule has 0 spiro atoms. The van der Waals surface area contributed by atoms with Crippen molar-refractivity contribution in [1.29, 1.82) is 0 Å². The first-order valence-corrected chi connectivity index (χ1v) is 10.0. The second-order valence-electron chi connectivity index (χ2n) is 7.94. The van der Waals surface area contributed by atoms with Crippen molar-refractivity contribution in [2.24, 2.45) is 5.92 Å². The summed E-state index contributed by atoms with van der Waals surface area (Å²) >= 11 is 0. The van der Waals surface area contributed by atoms with Crippen LogP contribution in [-0.2, 0) is 17.7 Å². The van der Waals surface area contributed by atoms with Gasteiger partial charge >= 0.3 is 6.03 Å². The highest BCUT2D eigenvalue weighted by Gasteiger charge is 2.23. The maximum atomic E-state index is 12.1. The fraction of sp³-hybridized carbons (Fsp3) is 0.667. The molecule has 0 radical (unpaired) electrons. The molecule has 2 aliphatic heterocycles. The van der Waals surface area contributed by atoms with Crippen LogP contribution in [0.3, 0.4) is 0 Å². The number of ether oxygens (including phenoxy) is 1. The lowest BCUT2D eigenvalue weighted by molar-refractivity contribution is 0.0342. The zero-order chi connectivity index (χ0) is 18.4. The molecule has 0 unspecified atom stereocenters. The van der Waals surface area contributed by atoms with E-state index in [0.29, 0.717) is 5.92 Å². The van der Waals surface area contributed by atoms with Crippen molar-refractivity contribution < 1.29 is 9.53 Å². The van der Waals surface area contributed by atoms with Crippen molar-refractivity contribution in [3.8, 4) is 0 Å². The Labute approximate surface area is 157 Å². The van der Waals surface area contributed by atoms with Crippen molar-refractivity contribution >= 4 is 6.03 Å². The van der Waals surface area contributed by atoms with Gasteiger partial charge in [-0.3, -0.25) is 4.90 Å². The van der Waals surface area contributed by atoms with E-state index in [9.17, 15) is 4.79 Å². The van der Waals surface area contributed by atoms with Gasteiger partial charge in [0.15, 0.2) is 0 Å². The number of urea groups is 1. The number of likely N-dealkylation sites (tertiary alicyclic amines) is 1. The van der Waals surface area contributed by atoms with Crippen LogP contribution in [0.25, 0.3) is 0 Å². The summed E-state index contributed by atoms with van der Waals surface area (Å²) in [7, 11) is 0. The predicted octanol–water partition coefficient (Wildman–Crippen LogP) is 2.89.